The lowest BCUT2D eigenvalue weighted by Crippen LogP contribution is -2.30. The molecule has 0 amide bonds. The van der Waals surface area contributed by atoms with Gasteiger partial charge in [-0.3, -0.25) is 0 Å². The molecule has 0 saturated heterocycles. The van der Waals surface area contributed by atoms with Gasteiger partial charge in [-0.25, -0.2) is 0 Å². The Balaban J connectivity index is 1.26. The van der Waals surface area contributed by atoms with Crippen LogP contribution in [0.5, 0.6) is 0 Å². The van der Waals surface area contributed by atoms with Gasteiger partial charge in [-0.05, 0) is 94.0 Å². The third kappa shape index (κ3) is 5.18. The third-order valence-corrected chi connectivity index (χ3v) is 9.41. The molecule has 0 fully saturated rings. The van der Waals surface area contributed by atoms with Crippen molar-refractivity contribution in [1.29, 1.82) is 0 Å². The predicted octanol–water partition coefficient (Wildman–Crippen LogP) is 12.6. The summed E-state index contributed by atoms with van der Waals surface area (Å²) in [5.74, 6) is 0. The quantitative estimate of drug-likeness (QED) is 0.186. The van der Waals surface area contributed by atoms with E-state index in [1.165, 1.54) is 44.8 Å². The van der Waals surface area contributed by atoms with Crippen LogP contribution < -0.4 is 9.80 Å². The van der Waals surface area contributed by atoms with Crippen molar-refractivity contribution in [3.8, 4) is 22.3 Å². The van der Waals surface area contributed by atoms with E-state index in [2.05, 4.69) is 206 Å². The minimum atomic E-state index is -0.133. The first-order valence-corrected chi connectivity index (χ1v) is 16.3. The van der Waals surface area contributed by atoms with Gasteiger partial charge in [0.15, 0.2) is 0 Å². The second-order valence-electron chi connectivity index (χ2n) is 12.7. The summed E-state index contributed by atoms with van der Waals surface area (Å²) in [6.07, 6.45) is 0. The van der Waals surface area contributed by atoms with Crippen molar-refractivity contribution in [1.82, 2.24) is 0 Å². The normalized spacial score (nSPS) is 13.0. The Bertz CT molecular complexity index is 2170. The SMILES string of the molecule is CC1(C)c2ccccc2N(c2ccccc2)c2cc(-c3cccc(N(c4ccccc4)c4cccc(-c5ccccc5)c4)c3)ccc21. The largest absolute Gasteiger partial charge is 0.310 e. The first kappa shape index (κ1) is 28.6. The number of hydrogen-bond acceptors (Lipinski definition) is 2. The van der Waals surface area contributed by atoms with Gasteiger partial charge in [0.05, 0.1) is 11.4 Å². The number of para-hydroxylation sites is 3. The number of hydrogen-bond donors (Lipinski definition) is 0. The Kier molecular flexibility index (Phi) is 7.19. The van der Waals surface area contributed by atoms with Gasteiger partial charge in [0, 0.05) is 28.2 Å². The zero-order valence-electron chi connectivity index (χ0n) is 26.7. The Morgan fingerprint density at radius 3 is 1.55 bits per heavy atom. The van der Waals surface area contributed by atoms with Gasteiger partial charge in [0.1, 0.15) is 0 Å². The van der Waals surface area contributed by atoms with Crippen LogP contribution in [0.4, 0.5) is 34.1 Å². The lowest BCUT2D eigenvalue weighted by molar-refractivity contribution is 0.632. The standard InChI is InChI=1S/C45H36N2/c1-45(2)41-26-12-13-27-43(41)47(38-22-10-5-11-23-38)44-32-36(28-29-42(44)45)35-19-15-25-40(31-35)46(37-20-8-4-9-21-37)39-24-14-18-34(30-39)33-16-6-3-7-17-33/h3-32H,1-2H3. The highest BCUT2D eigenvalue weighted by Crippen LogP contribution is 2.52. The molecule has 8 rings (SSSR count). The molecule has 2 nitrogen and oxygen atoms in total. The van der Waals surface area contributed by atoms with Crippen LogP contribution in [0, 0.1) is 0 Å². The van der Waals surface area contributed by atoms with E-state index in [0.717, 1.165) is 22.7 Å². The molecular formula is C45H36N2. The van der Waals surface area contributed by atoms with E-state index in [9.17, 15) is 0 Å². The van der Waals surface area contributed by atoms with Crippen molar-refractivity contribution < 1.29 is 0 Å². The fraction of sp³-hybridized carbons (Fsp3) is 0.0667. The van der Waals surface area contributed by atoms with E-state index >= 15 is 0 Å². The van der Waals surface area contributed by atoms with Gasteiger partial charge in [0.25, 0.3) is 0 Å². The molecule has 0 N–H and O–H groups in total. The van der Waals surface area contributed by atoms with Gasteiger partial charge >= 0.3 is 0 Å². The van der Waals surface area contributed by atoms with Crippen molar-refractivity contribution in [2.45, 2.75) is 19.3 Å². The zero-order valence-corrected chi connectivity index (χ0v) is 26.7. The van der Waals surface area contributed by atoms with E-state index in [4.69, 9.17) is 0 Å². The molecule has 7 aromatic carbocycles. The van der Waals surface area contributed by atoms with Crippen LogP contribution in [0.15, 0.2) is 182 Å². The number of rotatable bonds is 6. The fourth-order valence-electron chi connectivity index (χ4n) is 7.06. The first-order valence-electron chi connectivity index (χ1n) is 16.3. The first-order chi connectivity index (χ1) is 23.1. The molecule has 0 radical (unpaired) electrons. The Morgan fingerprint density at radius 2 is 0.872 bits per heavy atom. The Morgan fingerprint density at radius 1 is 0.383 bits per heavy atom. The van der Waals surface area contributed by atoms with Gasteiger partial charge in [0.2, 0.25) is 0 Å². The summed E-state index contributed by atoms with van der Waals surface area (Å²) in [4.78, 5) is 4.78. The summed E-state index contributed by atoms with van der Waals surface area (Å²) in [5.41, 5.74) is 14.3. The number of nitrogens with zero attached hydrogens (tertiary/aromatic N) is 2. The molecular weight excluding hydrogens is 569 g/mol. The minimum absolute atomic E-state index is 0.133. The number of benzene rings is 7. The van der Waals surface area contributed by atoms with Crippen LogP contribution in [-0.4, -0.2) is 0 Å². The summed E-state index contributed by atoms with van der Waals surface area (Å²) in [6.45, 7) is 4.68. The lowest BCUT2D eigenvalue weighted by Gasteiger charge is -2.42. The third-order valence-electron chi connectivity index (χ3n) is 9.41. The second kappa shape index (κ2) is 11.8. The van der Waals surface area contributed by atoms with E-state index < -0.39 is 0 Å². The summed E-state index contributed by atoms with van der Waals surface area (Å²) >= 11 is 0. The van der Waals surface area contributed by atoms with Crippen molar-refractivity contribution in [2.24, 2.45) is 0 Å². The molecule has 0 spiro atoms. The maximum Gasteiger partial charge on any atom is 0.0508 e. The zero-order chi connectivity index (χ0) is 31.8. The highest BCUT2D eigenvalue weighted by Gasteiger charge is 2.36. The van der Waals surface area contributed by atoms with Crippen LogP contribution in [0.3, 0.4) is 0 Å². The van der Waals surface area contributed by atoms with Gasteiger partial charge in [-0.1, -0.05) is 135 Å². The van der Waals surface area contributed by atoms with Crippen molar-refractivity contribution in [3.05, 3.63) is 193 Å². The van der Waals surface area contributed by atoms with Crippen LogP contribution in [0.2, 0.25) is 0 Å². The molecule has 0 unspecified atom stereocenters. The maximum atomic E-state index is 2.43. The van der Waals surface area contributed by atoms with Crippen LogP contribution >= 0.6 is 0 Å². The predicted molar refractivity (Wildman–Crippen MR) is 199 cm³/mol. The average molecular weight is 605 g/mol. The van der Waals surface area contributed by atoms with Crippen molar-refractivity contribution in [2.75, 3.05) is 9.80 Å². The molecule has 7 aromatic rings. The molecule has 1 aliphatic rings. The summed E-state index contributed by atoms with van der Waals surface area (Å²) in [6, 6.07) is 65.5. The van der Waals surface area contributed by atoms with Crippen molar-refractivity contribution in [3.63, 3.8) is 0 Å². The van der Waals surface area contributed by atoms with Gasteiger partial charge in [-0.15, -0.1) is 0 Å². The smallest absolute Gasteiger partial charge is 0.0508 e. The molecule has 0 aliphatic carbocycles. The van der Waals surface area contributed by atoms with Gasteiger partial charge in [-0.2, -0.15) is 0 Å². The summed E-state index contributed by atoms with van der Waals surface area (Å²) in [7, 11) is 0. The molecule has 0 bridgehead atoms. The van der Waals surface area contributed by atoms with Crippen LogP contribution in [-0.2, 0) is 5.41 Å². The molecule has 1 aliphatic heterocycles. The molecule has 0 atom stereocenters. The highest BCUT2D eigenvalue weighted by atomic mass is 15.2. The van der Waals surface area contributed by atoms with Crippen LogP contribution in [0.25, 0.3) is 22.3 Å². The fourth-order valence-corrected chi connectivity index (χ4v) is 7.06. The summed E-state index contributed by atoms with van der Waals surface area (Å²) < 4.78 is 0. The van der Waals surface area contributed by atoms with E-state index in [-0.39, 0.29) is 5.41 Å². The second-order valence-corrected chi connectivity index (χ2v) is 12.7. The van der Waals surface area contributed by atoms with E-state index in [1.807, 2.05) is 0 Å². The van der Waals surface area contributed by atoms with Crippen molar-refractivity contribution >= 4 is 34.1 Å². The maximum absolute atomic E-state index is 2.43. The molecule has 0 aromatic heterocycles. The molecule has 1 heterocycles. The van der Waals surface area contributed by atoms with E-state index in [0.29, 0.717) is 0 Å². The molecule has 226 valence electrons. The summed E-state index contributed by atoms with van der Waals surface area (Å²) in [5, 5.41) is 0. The Labute approximate surface area is 277 Å². The molecule has 2 heteroatoms. The lowest BCUT2D eigenvalue weighted by atomic mass is 9.73. The number of fused-ring (bicyclic) bond motifs is 2. The molecule has 47 heavy (non-hydrogen) atoms. The highest BCUT2D eigenvalue weighted by molar-refractivity contribution is 5.89. The minimum Gasteiger partial charge on any atom is -0.310 e. The van der Waals surface area contributed by atoms with Crippen LogP contribution in [0.1, 0.15) is 25.0 Å². The monoisotopic (exact) mass is 604 g/mol. The topological polar surface area (TPSA) is 6.48 Å². The molecule has 0 saturated carbocycles. The number of anilines is 6. The van der Waals surface area contributed by atoms with Gasteiger partial charge < -0.3 is 9.80 Å². The average Bonchev–Trinajstić information content (AvgIpc) is 3.13. The Hall–Kier alpha value is -5.86. The van der Waals surface area contributed by atoms with E-state index in [1.54, 1.807) is 0 Å².